The average molecular weight is 532 g/mol. The molecule has 2 heterocycles. The number of rotatable bonds is 7. The first-order valence-corrected chi connectivity index (χ1v) is 9.95. The number of hydrogen-bond donors (Lipinski definition) is 3. The fourth-order valence-electron chi connectivity index (χ4n) is 3.44. The summed E-state index contributed by atoms with van der Waals surface area (Å²) in [7, 11) is 1.76. The number of halogens is 2. The van der Waals surface area contributed by atoms with Crippen LogP contribution in [0, 0.1) is 5.82 Å². The van der Waals surface area contributed by atoms with E-state index in [1.54, 1.807) is 13.2 Å². The summed E-state index contributed by atoms with van der Waals surface area (Å²) in [5.74, 6) is 0.525. The van der Waals surface area contributed by atoms with Gasteiger partial charge in [0.1, 0.15) is 5.82 Å². The zero-order valence-electron chi connectivity index (χ0n) is 17.3. The Morgan fingerprint density at radius 1 is 1.13 bits per heavy atom. The van der Waals surface area contributed by atoms with Crippen molar-refractivity contribution < 1.29 is 4.39 Å². The molecule has 0 unspecified atom stereocenters. The van der Waals surface area contributed by atoms with Crippen LogP contribution < -0.4 is 10.6 Å². The van der Waals surface area contributed by atoms with Gasteiger partial charge in [0.15, 0.2) is 5.96 Å². The number of fused-ring (bicyclic) bond motifs is 1. The molecule has 4 rings (SSSR count). The number of nitrogens with zero attached hydrogens (tertiary/aromatic N) is 3. The summed E-state index contributed by atoms with van der Waals surface area (Å²) in [6.07, 6.45) is 8.32. The highest BCUT2D eigenvalue weighted by Gasteiger charge is 2.05. The monoisotopic (exact) mass is 532 g/mol. The number of nitrogens with one attached hydrogen (secondary N) is 3. The van der Waals surface area contributed by atoms with E-state index in [1.807, 2.05) is 29.4 Å². The second-order valence-electron chi connectivity index (χ2n) is 7.16. The van der Waals surface area contributed by atoms with Crippen molar-refractivity contribution >= 4 is 40.8 Å². The molecule has 2 aromatic heterocycles. The lowest BCUT2D eigenvalue weighted by Gasteiger charge is -2.12. The molecule has 31 heavy (non-hydrogen) atoms. The van der Waals surface area contributed by atoms with Gasteiger partial charge < -0.3 is 20.2 Å². The third kappa shape index (κ3) is 6.06. The smallest absolute Gasteiger partial charge is 0.191 e. The zero-order valence-corrected chi connectivity index (χ0v) is 19.6. The van der Waals surface area contributed by atoms with Gasteiger partial charge in [0.25, 0.3) is 0 Å². The van der Waals surface area contributed by atoms with Crippen LogP contribution in [0.4, 0.5) is 4.39 Å². The molecule has 0 aliphatic heterocycles. The molecule has 2 aromatic carbocycles. The normalized spacial score (nSPS) is 11.4. The minimum atomic E-state index is -0.228. The number of benzene rings is 2. The molecule has 6 nitrogen and oxygen atoms in total. The number of H-pyrrole nitrogens is 1. The number of imidazole rings is 1. The SMILES string of the molecule is CN=C(NCCc1c[nH]c2cc(F)ccc12)NCc1ccc(Cn2ccnc2)cc1.I. The van der Waals surface area contributed by atoms with E-state index >= 15 is 0 Å². The molecule has 0 spiro atoms. The highest BCUT2D eigenvalue weighted by Crippen LogP contribution is 2.19. The molecule has 0 aliphatic rings. The molecule has 0 atom stereocenters. The maximum atomic E-state index is 13.3. The molecular weight excluding hydrogens is 506 g/mol. The Bertz CT molecular complexity index is 1120. The highest BCUT2D eigenvalue weighted by molar-refractivity contribution is 14.0. The number of guanidine groups is 1. The third-order valence-corrected chi connectivity index (χ3v) is 5.05. The van der Waals surface area contributed by atoms with Crippen LogP contribution in [0.15, 0.2) is 72.4 Å². The van der Waals surface area contributed by atoms with E-state index in [-0.39, 0.29) is 29.8 Å². The second-order valence-corrected chi connectivity index (χ2v) is 7.16. The van der Waals surface area contributed by atoms with Gasteiger partial charge in [-0.05, 0) is 41.3 Å². The van der Waals surface area contributed by atoms with Crippen molar-refractivity contribution in [3.05, 3.63) is 89.9 Å². The van der Waals surface area contributed by atoms with Crippen LogP contribution in [0.3, 0.4) is 0 Å². The molecule has 4 aromatic rings. The molecule has 0 saturated carbocycles. The van der Waals surface area contributed by atoms with Crippen molar-refractivity contribution in [1.82, 2.24) is 25.2 Å². The van der Waals surface area contributed by atoms with E-state index in [2.05, 4.69) is 49.9 Å². The minimum absolute atomic E-state index is 0. The molecule has 0 radical (unpaired) electrons. The van der Waals surface area contributed by atoms with Crippen LogP contribution in [0.25, 0.3) is 10.9 Å². The van der Waals surface area contributed by atoms with Crippen molar-refractivity contribution in [2.45, 2.75) is 19.5 Å². The summed E-state index contributed by atoms with van der Waals surface area (Å²) in [5, 5.41) is 7.73. The maximum absolute atomic E-state index is 13.3. The van der Waals surface area contributed by atoms with E-state index in [0.29, 0.717) is 6.54 Å². The van der Waals surface area contributed by atoms with Gasteiger partial charge in [-0.1, -0.05) is 24.3 Å². The van der Waals surface area contributed by atoms with Crippen LogP contribution in [-0.2, 0) is 19.5 Å². The van der Waals surface area contributed by atoms with Crippen molar-refractivity contribution in [2.24, 2.45) is 4.99 Å². The lowest BCUT2D eigenvalue weighted by molar-refractivity contribution is 0.629. The number of hydrogen-bond acceptors (Lipinski definition) is 2. The Morgan fingerprint density at radius 2 is 1.94 bits per heavy atom. The molecule has 162 valence electrons. The summed E-state index contributed by atoms with van der Waals surface area (Å²) >= 11 is 0. The molecule has 0 aliphatic carbocycles. The lowest BCUT2D eigenvalue weighted by atomic mass is 10.1. The first kappa shape index (κ1) is 22.8. The Kier molecular flexibility index (Phi) is 8.05. The molecule has 0 fully saturated rings. The number of aromatic amines is 1. The summed E-state index contributed by atoms with van der Waals surface area (Å²) in [6, 6.07) is 13.3. The molecular formula is C23H26FIN6. The molecule has 0 amide bonds. The molecule has 0 bridgehead atoms. The Labute approximate surface area is 198 Å². The van der Waals surface area contributed by atoms with E-state index in [1.165, 1.54) is 23.3 Å². The third-order valence-electron chi connectivity index (χ3n) is 5.05. The molecule has 8 heteroatoms. The first-order valence-electron chi connectivity index (χ1n) is 9.95. The summed E-state index contributed by atoms with van der Waals surface area (Å²) < 4.78 is 15.4. The summed E-state index contributed by atoms with van der Waals surface area (Å²) in [6.45, 7) is 2.24. The van der Waals surface area contributed by atoms with Crippen LogP contribution in [0.1, 0.15) is 16.7 Å². The van der Waals surface area contributed by atoms with Gasteiger partial charge in [0.05, 0.1) is 6.33 Å². The molecule has 3 N–H and O–H groups in total. The van der Waals surface area contributed by atoms with Gasteiger partial charge in [-0.25, -0.2) is 9.37 Å². The van der Waals surface area contributed by atoms with Gasteiger partial charge >= 0.3 is 0 Å². The topological polar surface area (TPSA) is 70.0 Å². The fraction of sp³-hybridized carbons (Fsp3) is 0.217. The van der Waals surface area contributed by atoms with Crippen molar-refractivity contribution in [3.63, 3.8) is 0 Å². The van der Waals surface area contributed by atoms with Gasteiger partial charge in [0.2, 0.25) is 0 Å². The van der Waals surface area contributed by atoms with Crippen molar-refractivity contribution in [1.29, 1.82) is 0 Å². The molecule has 0 saturated heterocycles. The Hall–Kier alpha value is -2.88. The maximum Gasteiger partial charge on any atom is 0.191 e. The van der Waals surface area contributed by atoms with E-state index in [4.69, 9.17) is 0 Å². The zero-order chi connectivity index (χ0) is 20.8. The Morgan fingerprint density at radius 3 is 2.68 bits per heavy atom. The van der Waals surface area contributed by atoms with Crippen molar-refractivity contribution in [3.8, 4) is 0 Å². The van der Waals surface area contributed by atoms with Gasteiger partial charge in [-0.2, -0.15) is 0 Å². The predicted molar refractivity (Wildman–Crippen MR) is 133 cm³/mol. The van der Waals surface area contributed by atoms with E-state index in [9.17, 15) is 4.39 Å². The number of aromatic nitrogens is 3. The second kappa shape index (κ2) is 10.9. The summed E-state index contributed by atoms with van der Waals surface area (Å²) in [5.41, 5.74) is 4.40. The summed E-state index contributed by atoms with van der Waals surface area (Å²) in [4.78, 5) is 11.5. The van der Waals surface area contributed by atoms with Crippen LogP contribution >= 0.6 is 24.0 Å². The fourth-order valence-corrected chi connectivity index (χ4v) is 3.44. The van der Waals surface area contributed by atoms with Gasteiger partial charge in [0, 0.05) is 56.2 Å². The van der Waals surface area contributed by atoms with Gasteiger partial charge in [-0.3, -0.25) is 4.99 Å². The lowest BCUT2D eigenvalue weighted by Crippen LogP contribution is -2.37. The minimum Gasteiger partial charge on any atom is -0.361 e. The van der Waals surface area contributed by atoms with Crippen LogP contribution in [0.2, 0.25) is 0 Å². The number of aliphatic imine (C=N–C) groups is 1. The van der Waals surface area contributed by atoms with Crippen molar-refractivity contribution in [2.75, 3.05) is 13.6 Å². The predicted octanol–water partition coefficient (Wildman–Crippen LogP) is 4.08. The van der Waals surface area contributed by atoms with E-state index < -0.39 is 0 Å². The average Bonchev–Trinajstić information content (AvgIpc) is 3.41. The quantitative estimate of drug-likeness (QED) is 0.191. The standard InChI is InChI=1S/C23H25FN6.HI/c1-25-23(27-9-8-19-14-28-22-12-20(24)6-7-21(19)22)29-13-17-2-4-18(5-3-17)15-30-11-10-26-16-30;/h2-7,10-12,14,16,28H,8-9,13,15H2,1H3,(H2,25,27,29);1H. The largest absolute Gasteiger partial charge is 0.361 e. The van der Waals surface area contributed by atoms with Gasteiger partial charge in [-0.15, -0.1) is 24.0 Å². The van der Waals surface area contributed by atoms with Crippen LogP contribution in [0.5, 0.6) is 0 Å². The van der Waals surface area contributed by atoms with Crippen LogP contribution in [-0.4, -0.2) is 34.1 Å². The first-order chi connectivity index (χ1) is 14.7. The van der Waals surface area contributed by atoms with E-state index in [0.717, 1.165) is 41.9 Å². The highest BCUT2D eigenvalue weighted by atomic mass is 127. The Balaban J connectivity index is 0.00000272.